The van der Waals surface area contributed by atoms with Crippen molar-refractivity contribution in [3.05, 3.63) is 64.2 Å². The van der Waals surface area contributed by atoms with Crippen molar-refractivity contribution >= 4 is 46.9 Å². The first-order valence-electron chi connectivity index (χ1n) is 10.5. The van der Waals surface area contributed by atoms with Gasteiger partial charge in [-0.3, -0.25) is 4.79 Å². The van der Waals surface area contributed by atoms with Gasteiger partial charge >= 0.3 is 11.9 Å². The van der Waals surface area contributed by atoms with Crippen LogP contribution in [0.25, 0.3) is 0 Å². The monoisotopic (exact) mass is 536 g/mol. The third kappa shape index (κ3) is 6.52. The molecule has 190 valence electrons. The lowest BCUT2D eigenvalue weighted by atomic mass is 10.1. The summed E-state index contributed by atoms with van der Waals surface area (Å²) in [5.41, 5.74) is 0.353. The SMILES string of the molecule is CCn1c(COc2ccc(F)c(Cl)c2)nnc1SCC(=O)Nc1cc(C(=O)OC)ccc1C(=O)OC. The van der Waals surface area contributed by atoms with Crippen LogP contribution in [0.2, 0.25) is 5.02 Å². The summed E-state index contributed by atoms with van der Waals surface area (Å²) in [5, 5.41) is 11.3. The molecule has 0 bridgehead atoms. The van der Waals surface area contributed by atoms with Crippen LogP contribution in [-0.2, 0) is 27.4 Å². The Balaban J connectivity index is 1.67. The number of halogens is 2. The molecule has 13 heteroatoms. The molecule has 0 aliphatic carbocycles. The molecule has 0 saturated heterocycles. The highest BCUT2D eigenvalue weighted by Gasteiger charge is 2.19. The van der Waals surface area contributed by atoms with Crippen molar-refractivity contribution in [2.45, 2.75) is 25.2 Å². The van der Waals surface area contributed by atoms with E-state index >= 15 is 0 Å². The van der Waals surface area contributed by atoms with Gasteiger partial charge in [-0.15, -0.1) is 10.2 Å². The fraction of sp³-hybridized carbons (Fsp3) is 0.261. The summed E-state index contributed by atoms with van der Waals surface area (Å²) in [4.78, 5) is 36.6. The summed E-state index contributed by atoms with van der Waals surface area (Å²) in [5.74, 6) is -1.48. The standard InChI is InChI=1S/C23H22ClFN4O6S/c1-4-29-19(11-35-14-6-8-17(25)16(24)10-14)27-28-23(29)36-12-20(30)26-18-9-13(21(31)33-2)5-7-15(18)22(32)34-3/h5-10H,4,11-12H2,1-3H3,(H,26,30). The minimum Gasteiger partial charge on any atom is -0.486 e. The number of nitrogens with zero attached hydrogens (tertiary/aromatic N) is 3. The average molecular weight is 537 g/mol. The van der Waals surface area contributed by atoms with E-state index in [1.807, 2.05) is 6.92 Å². The van der Waals surface area contributed by atoms with E-state index in [2.05, 4.69) is 15.5 Å². The molecular formula is C23H22ClFN4O6S. The molecule has 3 rings (SSSR count). The third-order valence-electron chi connectivity index (χ3n) is 4.82. The van der Waals surface area contributed by atoms with Crippen molar-refractivity contribution < 1.29 is 33.0 Å². The molecule has 1 amide bonds. The smallest absolute Gasteiger partial charge is 0.339 e. The van der Waals surface area contributed by atoms with E-state index in [9.17, 15) is 18.8 Å². The van der Waals surface area contributed by atoms with Gasteiger partial charge < -0.3 is 24.1 Å². The minimum atomic E-state index is -0.674. The van der Waals surface area contributed by atoms with Crippen molar-refractivity contribution in [2.75, 3.05) is 25.3 Å². The molecule has 2 aromatic carbocycles. The number of hydrogen-bond donors (Lipinski definition) is 1. The Labute approximate surface area is 215 Å². The second kappa shape index (κ2) is 12.4. The topological polar surface area (TPSA) is 122 Å². The second-order valence-electron chi connectivity index (χ2n) is 7.09. The molecule has 0 radical (unpaired) electrons. The van der Waals surface area contributed by atoms with Gasteiger partial charge in [0.1, 0.15) is 18.2 Å². The highest BCUT2D eigenvalue weighted by molar-refractivity contribution is 7.99. The Kier molecular flexibility index (Phi) is 9.25. The summed E-state index contributed by atoms with van der Waals surface area (Å²) in [6.45, 7) is 2.44. The lowest BCUT2D eigenvalue weighted by Gasteiger charge is -2.12. The molecule has 0 saturated carbocycles. The molecule has 0 atom stereocenters. The number of ether oxygens (including phenoxy) is 3. The number of esters is 2. The number of anilines is 1. The highest BCUT2D eigenvalue weighted by Crippen LogP contribution is 2.24. The van der Waals surface area contributed by atoms with Crippen molar-refractivity contribution in [1.29, 1.82) is 0 Å². The normalized spacial score (nSPS) is 10.6. The van der Waals surface area contributed by atoms with E-state index in [0.29, 0.717) is 23.3 Å². The predicted octanol–water partition coefficient (Wildman–Crippen LogP) is 3.97. The highest BCUT2D eigenvalue weighted by atomic mass is 35.5. The van der Waals surface area contributed by atoms with Gasteiger partial charge in [-0.05, 0) is 37.3 Å². The zero-order valence-electron chi connectivity index (χ0n) is 19.5. The first-order valence-corrected chi connectivity index (χ1v) is 11.9. The fourth-order valence-electron chi connectivity index (χ4n) is 3.06. The van der Waals surface area contributed by atoms with E-state index in [4.69, 9.17) is 25.8 Å². The van der Waals surface area contributed by atoms with E-state index < -0.39 is 23.7 Å². The van der Waals surface area contributed by atoms with Gasteiger partial charge in [-0.25, -0.2) is 14.0 Å². The van der Waals surface area contributed by atoms with Gasteiger partial charge in [0.15, 0.2) is 11.0 Å². The number of benzene rings is 2. The molecule has 36 heavy (non-hydrogen) atoms. The van der Waals surface area contributed by atoms with Crippen LogP contribution in [0, 0.1) is 5.82 Å². The number of nitrogens with one attached hydrogen (secondary N) is 1. The van der Waals surface area contributed by atoms with Crippen LogP contribution < -0.4 is 10.1 Å². The first-order chi connectivity index (χ1) is 17.3. The Morgan fingerprint density at radius 1 is 1.08 bits per heavy atom. The van der Waals surface area contributed by atoms with Crippen molar-refractivity contribution in [3.8, 4) is 5.75 Å². The zero-order chi connectivity index (χ0) is 26.2. The molecule has 0 fully saturated rings. The second-order valence-corrected chi connectivity index (χ2v) is 8.44. The molecule has 0 unspecified atom stereocenters. The maximum atomic E-state index is 13.3. The molecule has 0 aliphatic rings. The maximum Gasteiger partial charge on any atom is 0.339 e. The number of aromatic nitrogens is 3. The lowest BCUT2D eigenvalue weighted by molar-refractivity contribution is -0.113. The van der Waals surface area contributed by atoms with Gasteiger partial charge in [0, 0.05) is 12.6 Å². The van der Waals surface area contributed by atoms with Crippen LogP contribution in [-0.4, -0.2) is 52.6 Å². The van der Waals surface area contributed by atoms with Crippen LogP contribution in [0.3, 0.4) is 0 Å². The molecule has 0 spiro atoms. The van der Waals surface area contributed by atoms with E-state index in [0.717, 1.165) is 11.8 Å². The fourth-order valence-corrected chi connectivity index (χ4v) is 4.05. The molecule has 1 heterocycles. The number of carbonyl (C=O) groups is 3. The van der Waals surface area contributed by atoms with Gasteiger partial charge in [0.2, 0.25) is 5.91 Å². The number of carbonyl (C=O) groups excluding carboxylic acids is 3. The number of amides is 1. The number of methoxy groups -OCH3 is 2. The Morgan fingerprint density at radius 2 is 1.83 bits per heavy atom. The van der Waals surface area contributed by atoms with E-state index in [-0.39, 0.29) is 34.2 Å². The summed E-state index contributed by atoms with van der Waals surface area (Å²) in [6.07, 6.45) is 0. The average Bonchev–Trinajstić information content (AvgIpc) is 3.28. The summed E-state index contributed by atoms with van der Waals surface area (Å²) >= 11 is 6.90. The van der Waals surface area contributed by atoms with Crippen LogP contribution in [0.5, 0.6) is 5.75 Å². The van der Waals surface area contributed by atoms with E-state index in [1.165, 1.54) is 50.6 Å². The Morgan fingerprint density at radius 3 is 2.50 bits per heavy atom. The Bertz CT molecular complexity index is 1290. The van der Waals surface area contributed by atoms with Gasteiger partial charge in [0.05, 0.1) is 41.8 Å². The molecule has 0 aliphatic heterocycles. The van der Waals surface area contributed by atoms with Crippen LogP contribution in [0.1, 0.15) is 33.5 Å². The van der Waals surface area contributed by atoms with Crippen molar-refractivity contribution in [2.24, 2.45) is 0 Å². The number of hydrogen-bond acceptors (Lipinski definition) is 9. The predicted molar refractivity (Wildman–Crippen MR) is 130 cm³/mol. The molecule has 3 aromatic rings. The largest absolute Gasteiger partial charge is 0.486 e. The van der Waals surface area contributed by atoms with Crippen LogP contribution >= 0.6 is 23.4 Å². The van der Waals surface area contributed by atoms with Gasteiger partial charge in [-0.2, -0.15) is 0 Å². The Hall–Kier alpha value is -3.64. The molecule has 1 aromatic heterocycles. The number of rotatable bonds is 10. The summed E-state index contributed by atoms with van der Waals surface area (Å²) < 4.78 is 30.2. The third-order valence-corrected chi connectivity index (χ3v) is 6.08. The summed E-state index contributed by atoms with van der Waals surface area (Å²) in [6, 6.07) is 8.12. The molecular weight excluding hydrogens is 515 g/mol. The quantitative estimate of drug-likeness (QED) is 0.303. The molecule has 1 N–H and O–H groups in total. The van der Waals surface area contributed by atoms with Crippen LogP contribution in [0.4, 0.5) is 10.1 Å². The summed E-state index contributed by atoms with van der Waals surface area (Å²) in [7, 11) is 2.44. The first kappa shape index (κ1) is 27.0. The van der Waals surface area contributed by atoms with Gasteiger partial charge in [-0.1, -0.05) is 23.4 Å². The maximum absolute atomic E-state index is 13.3. The van der Waals surface area contributed by atoms with Crippen molar-refractivity contribution in [3.63, 3.8) is 0 Å². The van der Waals surface area contributed by atoms with Crippen molar-refractivity contribution in [1.82, 2.24) is 14.8 Å². The molecule has 10 nitrogen and oxygen atoms in total. The zero-order valence-corrected chi connectivity index (χ0v) is 21.1. The number of thioether (sulfide) groups is 1. The lowest BCUT2D eigenvalue weighted by Crippen LogP contribution is -2.18. The minimum absolute atomic E-state index is 0.0539. The van der Waals surface area contributed by atoms with Gasteiger partial charge in [0.25, 0.3) is 0 Å². The van der Waals surface area contributed by atoms with Crippen LogP contribution in [0.15, 0.2) is 41.6 Å². The van der Waals surface area contributed by atoms with E-state index in [1.54, 1.807) is 4.57 Å².